The van der Waals surface area contributed by atoms with E-state index in [1.54, 1.807) is 0 Å². The Kier molecular flexibility index (Phi) is 5.19. The molecule has 0 spiro atoms. The molecule has 0 saturated carbocycles. The van der Waals surface area contributed by atoms with E-state index in [0.29, 0.717) is 10.6 Å². The number of nitrogens with zero attached hydrogens (tertiary/aromatic N) is 1. The average Bonchev–Trinajstić information content (AvgIpc) is 2.51. The van der Waals surface area contributed by atoms with E-state index in [4.69, 9.17) is 16.7 Å². The van der Waals surface area contributed by atoms with E-state index in [1.807, 2.05) is 28.7 Å². The monoisotopic (exact) mass is 344 g/mol. The largest absolute Gasteiger partial charge is 0.505 e. The second-order valence-corrected chi connectivity index (χ2v) is 5.88. The molecule has 0 radical (unpaired) electrons. The summed E-state index contributed by atoms with van der Waals surface area (Å²) in [5, 5.41) is 21.4. The number of carboxylic acid groups (broad SMARTS) is 1. The number of carbonyl (C=O) groups excluding carboxylic acids is 1. The lowest BCUT2D eigenvalue weighted by Crippen LogP contribution is -2.30. The first-order chi connectivity index (χ1) is 11.2. The Labute approximate surface area is 145 Å². The number of rotatable bonds is 4. The third-order valence-electron chi connectivity index (χ3n) is 3.81. The molecule has 0 unspecified atom stereocenters. The topological polar surface area (TPSA) is 99.5 Å². The second kappa shape index (κ2) is 6.97. The number of carboxylic acids is 1. The van der Waals surface area contributed by atoms with Gasteiger partial charge in [-0.3, -0.25) is 9.59 Å². The summed E-state index contributed by atoms with van der Waals surface area (Å²) in [4.78, 5) is 26.3. The Hall–Kier alpha value is -2.47. The molecule has 0 bridgehead atoms. The zero-order valence-electron chi connectivity index (χ0n) is 13.5. The Balaban J connectivity index is 2.44. The van der Waals surface area contributed by atoms with Gasteiger partial charge in [-0.25, -0.2) is 4.98 Å². The van der Waals surface area contributed by atoms with Gasteiger partial charge in [-0.2, -0.15) is 0 Å². The first-order valence-electron chi connectivity index (χ1n) is 7.18. The highest BCUT2D eigenvalue weighted by molar-refractivity contribution is 6.49. The number of carbonyl (C=O) groups is 2. The molecule has 0 fully saturated rings. The van der Waals surface area contributed by atoms with Gasteiger partial charge in [-0.15, -0.1) is 0 Å². The first kappa shape index (κ1) is 17.9. The molecular weight excluding hydrogens is 329 g/mol. The summed E-state index contributed by atoms with van der Waals surface area (Å²) in [6, 6.07) is 3.30. The molecule has 122 valence electrons. The molecule has 0 aliphatic rings. The van der Waals surface area contributed by atoms with E-state index in [-0.39, 0.29) is 11.4 Å². The minimum absolute atomic E-state index is 0.228. The molecule has 0 aliphatic heterocycles. The van der Waals surface area contributed by atoms with Crippen molar-refractivity contribution in [2.45, 2.75) is 6.92 Å². The second-order valence-electron chi connectivity index (χ2n) is 5.47. The van der Waals surface area contributed by atoms with E-state index < -0.39 is 18.4 Å². The van der Waals surface area contributed by atoms with Crippen LogP contribution < -0.4 is 16.2 Å². The summed E-state index contributed by atoms with van der Waals surface area (Å²) in [5.74, 6) is -2.26. The van der Waals surface area contributed by atoms with Crippen molar-refractivity contribution in [3.8, 4) is 16.9 Å². The van der Waals surface area contributed by atoms with Crippen LogP contribution in [0, 0.1) is 6.92 Å². The third-order valence-corrected chi connectivity index (χ3v) is 4.21. The predicted molar refractivity (Wildman–Crippen MR) is 97.4 cm³/mol. The van der Waals surface area contributed by atoms with Crippen molar-refractivity contribution >= 4 is 50.1 Å². The van der Waals surface area contributed by atoms with Gasteiger partial charge in [0.15, 0.2) is 5.69 Å². The van der Waals surface area contributed by atoms with E-state index in [2.05, 4.69) is 10.3 Å². The van der Waals surface area contributed by atoms with Gasteiger partial charge in [0, 0.05) is 16.8 Å². The van der Waals surface area contributed by atoms with Crippen LogP contribution in [-0.4, -0.2) is 49.3 Å². The van der Waals surface area contributed by atoms with E-state index in [1.165, 1.54) is 12.3 Å². The fourth-order valence-corrected chi connectivity index (χ4v) is 2.70. The van der Waals surface area contributed by atoms with Crippen molar-refractivity contribution in [3.05, 3.63) is 34.6 Å². The van der Waals surface area contributed by atoms with Crippen LogP contribution in [0.15, 0.2) is 18.3 Å². The Morgan fingerprint density at radius 1 is 1.33 bits per heavy atom. The molecule has 1 heterocycles. The predicted octanol–water partition coefficient (Wildman–Crippen LogP) is -1.25. The van der Waals surface area contributed by atoms with Crippen LogP contribution in [-0.2, 0) is 4.79 Å². The minimum Gasteiger partial charge on any atom is -0.505 e. The Bertz CT molecular complexity index is 816. The molecule has 0 atom stereocenters. The summed E-state index contributed by atoms with van der Waals surface area (Å²) in [5.41, 5.74) is 4.10. The lowest BCUT2D eigenvalue weighted by molar-refractivity contribution is -0.135. The van der Waals surface area contributed by atoms with Gasteiger partial charge in [0.2, 0.25) is 0 Å². The van der Waals surface area contributed by atoms with Crippen LogP contribution in [0.4, 0.5) is 0 Å². The normalized spacial score (nSPS) is 10.4. The minimum atomic E-state index is -1.18. The van der Waals surface area contributed by atoms with E-state index in [0.717, 1.165) is 22.1 Å². The van der Waals surface area contributed by atoms with Crippen LogP contribution in [0.5, 0.6) is 5.75 Å². The highest BCUT2D eigenvalue weighted by Gasteiger charge is 2.17. The standard InChI is InChI=1S/C15H15B2ClN2O4/c1-6-8(16)3-9(18)13(17)12(6)7-2-10(21)14(19-4-7)15(24)20-5-11(22)23/h2-4,21H,5,16-17H2,1H3,(H,20,24)(H,22,23). The molecule has 1 aromatic heterocycles. The number of halogens is 1. The number of amides is 1. The van der Waals surface area contributed by atoms with Gasteiger partial charge < -0.3 is 15.5 Å². The van der Waals surface area contributed by atoms with E-state index >= 15 is 0 Å². The van der Waals surface area contributed by atoms with Crippen LogP contribution >= 0.6 is 11.6 Å². The SMILES string of the molecule is Bc1cc(Cl)c(B)c(-c2cnc(C(=O)NCC(=O)O)c(O)c2)c1C. The quantitative estimate of drug-likeness (QED) is 0.602. The van der Waals surface area contributed by atoms with Crippen molar-refractivity contribution in [2.75, 3.05) is 6.54 Å². The molecule has 3 N–H and O–H groups in total. The maximum atomic E-state index is 11.8. The van der Waals surface area contributed by atoms with Crippen molar-refractivity contribution < 1.29 is 19.8 Å². The van der Waals surface area contributed by atoms with Gasteiger partial charge >= 0.3 is 5.97 Å². The number of benzene rings is 1. The highest BCUT2D eigenvalue weighted by Crippen LogP contribution is 2.26. The lowest BCUT2D eigenvalue weighted by Gasteiger charge is -2.15. The van der Waals surface area contributed by atoms with Crippen LogP contribution in [0.25, 0.3) is 11.1 Å². The summed E-state index contributed by atoms with van der Waals surface area (Å²) in [6.45, 7) is 1.39. The highest BCUT2D eigenvalue weighted by atomic mass is 35.5. The maximum Gasteiger partial charge on any atom is 0.322 e. The number of aromatic hydroxyl groups is 1. The van der Waals surface area contributed by atoms with E-state index in [9.17, 15) is 14.7 Å². The first-order valence-corrected chi connectivity index (χ1v) is 7.55. The molecule has 24 heavy (non-hydrogen) atoms. The molecule has 0 saturated heterocycles. The van der Waals surface area contributed by atoms with Crippen molar-refractivity contribution in [1.29, 1.82) is 0 Å². The summed E-state index contributed by atoms with van der Waals surface area (Å²) in [6.07, 6.45) is 1.46. The molecule has 2 aromatic rings. The molecular formula is C15H15B2ClN2O4. The molecule has 1 aromatic carbocycles. The number of aromatic nitrogens is 1. The average molecular weight is 344 g/mol. The molecule has 0 aliphatic carbocycles. The number of pyridine rings is 1. The van der Waals surface area contributed by atoms with Crippen LogP contribution in [0.3, 0.4) is 0 Å². The number of nitrogens with one attached hydrogen (secondary N) is 1. The van der Waals surface area contributed by atoms with Crippen molar-refractivity contribution in [2.24, 2.45) is 0 Å². The molecule has 2 rings (SSSR count). The van der Waals surface area contributed by atoms with Gasteiger partial charge in [0.25, 0.3) is 5.91 Å². The number of aliphatic carboxylic acids is 1. The zero-order valence-corrected chi connectivity index (χ0v) is 14.2. The summed E-state index contributed by atoms with van der Waals surface area (Å²) >= 11 is 6.23. The molecule has 6 nitrogen and oxygen atoms in total. The van der Waals surface area contributed by atoms with Gasteiger partial charge in [0.1, 0.15) is 28.0 Å². The van der Waals surface area contributed by atoms with Gasteiger partial charge in [-0.1, -0.05) is 34.2 Å². The third kappa shape index (κ3) is 3.54. The number of hydrogen-bond acceptors (Lipinski definition) is 4. The van der Waals surface area contributed by atoms with Crippen molar-refractivity contribution in [3.63, 3.8) is 0 Å². The summed E-state index contributed by atoms with van der Waals surface area (Å²) < 4.78 is 0. The fourth-order valence-electron chi connectivity index (χ4n) is 2.44. The Morgan fingerprint density at radius 3 is 2.58 bits per heavy atom. The van der Waals surface area contributed by atoms with Crippen LogP contribution in [0.1, 0.15) is 16.1 Å². The van der Waals surface area contributed by atoms with Crippen LogP contribution in [0.2, 0.25) is 5.02 Å². The Morgan fingerprint density at radius 2 is 2.00 bits per heavy atom. The van der Waals surface area contributed by atoms with Gasteiger partial charge in [-0.05, 0) is 18.6 Å². The van der Waals surface area contributed by atoms with Crippen molar-refractivity contribution in [1.82, 2.24) is 10.3 Å². The van der Waals surface area contributed by atoms with Gasteiger partial charge in [0.05, 0.1) is 0 Å². The zero-order chi connectivity index (χ0) is 18.0. The molecule has 9 heteroatoms. The fraction of sp³-hybridized carbons (Fsp3) is 0.133. The maximum absolute atomic E-state index is 11.8. The molecule has 1 amide bonds. The lowest BCUT2D eigenvalue weighted by atomic mass is 9.78. The smallest absolute Gasteiger partial charge is 0.322 e. The number of hydrogen-bond donors (Lipinski definition) is 3. The summed E-state index contributed by atoms with van der Waals surface area (Å²) in [7, 11) is 3.81.